The van der Waals surface area contributed by atoms with E-state index < -0.39 is 3.79 Å². The highest BCUT2D eigenvalue weighted by atomic mass is 35.6. The highest BCUT2D eigenvalue weighted by Gasteiger charge is 2.41. The van der Waals surface area contributed by atoms with E-state index in [0.29, 0.717) is 0 Å². The Morgan fingerprint density at radius 3 is 2.50 bits per heavy atom. The number of hydrazone groups is 1. The molecule has 0 radical (unpaired) electrons. The summed E-state index contributed by atoms with van der Waals surface area (Å²) in [6.45, 7) is 3.02. The van der Waals surface area contributed by atoms with Crippen LogP contribution < -0.4 is 0 Å². The molecule has 1 rings (SSSR count). The van der Waals surface area contributed by atoms with Gasteiger partial charge < -0.3 is 4.90 Å². The Hall–Kier alpha value is 0.140. The lowest BCUT2D eigenvalue weighted by atomic mass is 10.2. The zero-order chi connectivity index (χ0) is 12.2. The number of hydrogen-bond acceptors (Lipinski definition) is 3. The molecule has 1 heterocycles. The van der Waals surface area contributed by atoms with E-state index >= 15 is 0 Å². The second-order valence-corrected chi connectivity index (χ2v) is 6.40. The summed E-state index contributed by atoms with van der Waals surface area (Å²) in [5.41, 5.74) is 0. The summed E-state index contributed by atoms with van der Waals surface area (Å²) >= 11 is 17.8. The lowest BCUT2D eigenvalue weighted by molar-refractivity contribution is 0.147. The van der Waals surface area contributed by atoms with E-state index in [1.54, 1.807) is 6.34 Å². The molecule has 0 fully saturated rings. The van der Waals surface area contributed by atoms with Gasteiger partial charge in [0.15, 0.2) is 6.17 Å². The molecule has 0 saturated carbocycles. The minimum absolute atomic E-state index is 0.292. The van der Waals surface area contributed by atoms with Crippen molar-refractivity contribution < 1.29 is 0 Å². The molecule has 1 aliphatic rings. The van der Waals surface area contributed by atoms with Crippen LogP contribution in [0.15, 0.2) is 5.10 Å². The molecule has 94 valence electrons. The highest BCUT2D eigenvalue weighted by molar-refractivity contribution is 6.68. The first kappa shape index (κ1) is 14.2. The van der Waals surface area contributed by atoms with Gasteiger partial charge in [0.2, 0.25) is 3.79 Å². The zero-order valence-electron chi connectivity index (χ0n) is 9.67. The number of nitrogens with zero attached hydrogens (tertiary/aromatic N) is 3. The smallest absolute Gasteiger partial charge is 0.230 e. The molecule has 0 aromatic carbocycles. The first-order chi connectivity index (χ1) is 7.46. The van der Waals surface area contributed by atoms with Crippen molar-refractivity contribution in [2.24, 2.45) is 5.10 Å². The third-order valence-corrected chi connectivity index (χ3v) is 3.17. The first-order valence-corrected chi connectivity index (χ1v) is 6.69. The van der Waals surface area contributed by atoms with Gasteiger partial charge in [0.25, 0.3) is 0 Å². The van der Waals surface area contributed by atoms with E-state index in [1.165, 1.54) is 19.3 Å². The summed E-state index contributed by atoms with van der Waals surface area (Å²) in [6.07, 6.45) is 6.14. The summed E-state index contributed by atoms with van der Waals surface area (Å²) in [6, 6.07) is 0. The molecule has 1 unspecified atom stereocenters. The van der Waals surface area contributed by atoms with Crippen molar-refractivity contribution in [2.45, 2.75) is 42.6 Å². The van der Waals surface area contributed by atoms with Crippen molar-refractivity contribution in [3.8, 4) is 0 Å². The minimum atomic E-state index is -1.34. The Labute approximate surface area is 112 Å². The summed E-state index contributed by atoms with van der Waals surface area (Å²) in [5.74, 6) is 0. The van der Waals surface area contributed by atoms with Crippen LogP contribution in [0.1, 0.15) is 32.6 Å². The van der Waals surface area contributed by atoms with Crippen LogP contribution in [0.25, 0.3) is 0 Å². The Morgan fingerprint density at radius 2 is 1.94 bits per heavy atom. The second-order valence-electron chi connectivity index (χ2n) is 4.04. The SMILES string of the molecule is CCCCCCN1N=CN(C)C1C(Cl)(Cl)Cl. The minimum Gasteiger partial charge on any atom is -0.339 e. The summed E-state index contributed by atoms with van der Waals surface area (Å²) < 4.78 is -1.34. The molecule has 6 heteroatoms. The molecule has 16 heavy (non-hydrogen) atoms. The predicted octanol–water partition coefficient (Wildman–Crippen LogP) is 3.45. The van der Waals surface area contributed by atoms with E-state index in [9.17, 15) is 0 Å². The molecule has 3 nitrogen and oxygen atoms in total. The molecule has 0 aromatic rings. The van der Waals surface area contributed by atoms with Gasteiger partial charge in [-0.1, -0.05) is 61.0 Å². The largest absolute Gasteiger partial charge is 0.339 e. The number of unbranched alkanes of at least 4 members (excludes halogenated alkanes) is 3. The van der Waals surface area contributed by atoms with Crippen molar-refractivity contribution in [1.29, 1.82) is 0 Å². The fraction of sp³-hybridized carbons (Fsp3) is 0.900. The third kappa shape index (κ3) is 3.86. The fourth-order valence-corrected chi connectivity index (χ4v) is 2.56. The van der Waals surface area contributed by atoms with Crippen LogP contribution in [0.2, 0.25) is 0 Å². The lowest BCUT2D eigenvalue weighted by Gasteiger charge is -2.33. The van der Waals surface area contributed by atoms with Crippen LogP contribution in [0.3, 0.4) is 0 Å². The monoisotopic (exact) mass is 285 g/mol. The van der Waals surface area contributed by atoms with Gasteiger partial charge in [-0.2, -0.15) is 5.10 Å². The standard InChI is InChI=1S/C10H18Cl3N3/c1-3-4-5-6-7-16-9(10(11,12)13)15(2)8-14-16/h8-9H,3-7H2,1-2H3. The Kier molecular flexibility index (Phi) is 5.48. The van der Waals surface area contributed by atoms with E-state index in [-0.39, 0.29) is 6.17 Å². The molecule has 0 amide bonds. The molecule has 0 saturated heterocycles. The number of hydrogen-bond donors (Lipinski definition) is 0. The average Bonchev–Trinajstić information content (AvgIpc) is 2.54. The average molecular weight is 287 g/mol. The van der Waals surface area contributed by atoms with Crippen molar-refractivity contribution in [3.05, 3.63) is 0 Å². The van der Waals surface area contributed by atoms with Gasteiger partial charge in [-0.15, -0.1) is 0 Å². The highest BCUT2D eigenvalue weighted by Crippen LogP contribution is 2.36. The van der Waals surface area contributed by atoms with Gasteiger partial charge in [-0.3, -0.25) is 5.01 Å². The van der Waals surface area contributed by atoms with Crippen molar-refractivity contribution in [2.75, 3.05) is 13.6 Å². The van der Waals surface area contributed by atoms with Crippen LogP contribution >= 0.6 is 34.8 Å². The quantitative estimate of drug-likeness (QED) is 0.569. The number of rotatable bonds is 5. The van der Waals surface area contributed by atoms with E-state index in [0.717, 1.165) is 13.0 Å². The van der Waals surface area contributed by atoms with Gasteiger partial charge in [0.05, 0.1) is 0 Å². The molecule has 0 aromatic heterocycles. The normalized spacial score (nSPS) is 20.9. The van der Waals surface area contributed by atoms with Gasteiger partial charge in [0, 0.05) is 13.6 Å². The van der Waals surface area contributed by atoms with Crippen LogP contribution in [0.4, 0.5) is 0 Å². The summed E-state index contributed by atoms with van der Waals surface area (Å²) in [7, 11) is 1.86. The maximum Gasteiger partial charge on any atom is 0.230 e. The van der Waals surface area contributed by atoms with Gasteiger partial charge in [-0.05, 0) is 6.42 Å². The summed E-state index contributed by atoms with van der Waals surface area (Å²) in [5, 5.41) is 6.09. The molecule has 0 spiro atoms. The van der Waals surface area contributed by atoms with E-state index in [4.69, 9.17) is 34.8 Å². The van der Waals surface area contributed by atoms with E-state index in [2.05, 4.69) is 12.0 Å². The Balaban J connectivity index is 2.43. The van der Waals surface area contributed by atoms with Crippen LogP contribution in [0, 0.1) is 0 Å². The maximum atomic E-state index is 5.94. The Bertz CT molecular complexity index is 240. The molecule has 1 atom stereocenters. The van der Waals surface area contributed by atoms with Crippen molar-refractivity contribution in [3.63, 3.8) is 0 Å². The first-order valence-electron chi connectivity index (χ1n) is 5.56. The van der Waals surface area contributed by atoms with E-state index in [1.807, 2.05) is 17.0 Å². The molecular formula is C10H18Cl3N3. The number of halogens is 3. The van der Waals surface area contributed by atoms with Crippen molar-refractivity contribution >= 4 is 41.1 Å². The van der Waals surface area contributed by atoms with Gasteiger partial charge in [0.1, 0.15) is 6.34 Å². The third-order valence-electron chi connectivity index (χ3n) is 2.58. The molecular weight excluding hydrogens is 268 g/mol. The zero-order valence-corrected chi connectivity index (χ0v) is 11.9. The maximum absolute atomic E-state index is 5.94. The van der Waals surface area contributed by atoms with Gasteiger partial charge in [-0.25, -0.2) is 0 Å². The van der Waals surface area contributed by atoms with Crippen molar-refractivity contribution in [1.82, 2.24) is 9.91 Å². The predicted molar refractivity (Wildman–Crippen MR) is 71.2 cm³/mol. The topological polar surface area (TPSA) is 18.8 Å². The fourth-order valence-electron chi connectivity index (χ4n) is 1.76. The van der Waals surface area contributed by atoms with Gasteiger partial charge >= 0.3 is 0 Å². The van der Waals surface area contributed by atoms with Crippen LogP contribution in [-0.2, 0) is 0 Å². The van der Waals surface area contributed by atoms with Crippen LogP contribution in [-0.4, -0.2) is 39.8 Å². The molecule has 0 bridgehead atoms. The number of alkyl halides is 3. The Morgan fingerprint density at radius 1 is 1.25 bits per heavy atom. The molecule has 0 N–H and O–H groups in total. The van der Waals surface area contributed by atoms with Crippen LogP contribution in [0.5, 0.6) is 0 Å². The molecule has 0 aliphatic carbocycles. The lowest BCUT2D eigenvalue weighted by Crippen LogP contribution is -2.47. The molecule has 1 aliphatic heterocycles. The summed E-state index contributed by atoms with van der Waals surface area (Å²) in [4.78, 5) is 1.83. The second kappa shape index (κ2) is 6.18.